The molecular formula is C7F15NaO4S. The second-order valence-electron chi connectivity index (χ2n) is 4.33. The average molecular weight is 488 g/mol. The van der Waals surface area contributed by atoms with Crippen molar-refractivity contribution in [3.63, 3.8) is 0 Å². The van der Waals surface area contributed by atoms with Crippen molar-refractivity contribution >= 4 is 10.1 Å². The van der Waals surface area contributed by atoms with Gasteiger partial charge in [-0.1, -0.05) is 0 Å². The molecule has 0 unspecified atom stereocenters. The Kier molecular flexibility index (Phi) is 8.04. The Hall–Kier alpha value is -0.180. The second kappa shape index (κ2) is 7.50. The topological polar surface area (TPSA) is 66.4 Å². The van der Waals surface area contributed by atoms with Gasteiger partial charge in [0.25, 0.3) is 0 Å². The quantitative estimate of drug-likeness (QED) is 0.302. The van der Waals surface area contributed by atoms with Crippen LogP contribution in [0.4, 0.5) is 65.9 Å². The molecule has 0 spiro atoms. The molecule has 164 valence electrons. The molecule has 0 aliphatic carbocycles. The number of halogens is 15. The molecule has 28 heavy (non-hydrogen) atoms. The summed E-state index contributed by atoms with van der Waals surface area (Å²) >= 11 is 0. The summed E-state index contributed by atoms with van der Waals surface area (Å²) in [7, 11) is -7.92. The van der Waals surface area contributed by atoms with Crippen LogP contribution in [0.25, 0.3) is 0 Å². The molecule has 0 N–H and O–H groups in total. The minimum atomic E-state index is -8.22. The zero-order valence-corrected chi connectivity index (χ0v) is 15.0. The van der Waals surface area contributed by atoms with Gasteiger partial charge in [0, 0.05) is 0 Å². The van der Waals surface area contributed by atoms with Crippen LogP contribution in [0, 0.1) is 0 Å². The number of rotatable bonds is 7. The summed E-state index contributed by atoms with van der Waals surface area (Å²) in [5.74, 6) is -24.1. The Bertz CT molecular complexity index is 668. The van der Waals surface area contributed by atoms with Gasteiger partial charge in [-0.05, 0) is 0 Å². The average Bonchev–Trinajstić information content (AvgIpc) is 2.33. The van der Waals surface area contributed by atoms with Crippen LogP contribution < -0.4 is 29.6 Å². The van der Waals surface area contributed by atoms with E-state index in [0.717, 1.165) is 4.74 Å². The van der Waals surface area contributed by atoms with Crippen LogP contribution in [-0.4, -0.2) is 54.4 Å². The maximum absolute atomic E-state index is 12.9. The summed E-state index contributed by atoms with van der Waals surface area (Å²) in [6.45, 7) is 0. The van der Waals surface area contributed by atoms with Gasteiger partial charge < -0.3 is 4.55 Å². The molecule has 0 aromatic rings. The summed E-state index contributed by atoms with van der Waals surface area (Å²) in [6.07, 6.45) is -23.2. The number of alkyl halides is 15. The molecule has 0 saturated carbocycles. The van der Waals surface area contributed by atoms with Crippen LogP contribution in [-0.2, 0) is 14.9 Å². The van der Waals surface area contributed by atoms with Crippen molar-refractivity contribution in [3.05, 3.63) is 0 Å². The molecule has 0 aromatic carbocycles. The van der Waals surface area contributed by atoms with Crippen LogP contribution in [0.3, 0.4) is 0 Å². The number of hydrogen-bond acceptors (Lipinski definition) is 4. The summed E-state index contributed by atoms with van der Waals surface area (Å²) in [5.41, 5.74) is 0. The molecule has 0 aliphatic rings. The van der Waals surface area contributed by atoms with E-state index in [4.69, 9.17) is 0 Å². The second-order valence-corrected chi connectivity index (χ2v) is 5.75. The van der Waals surface area contributed by atoms with Crippen molar-refractivity contribution in [1.29, 1.82) is 0 Å². The van der Waals surface area contributed by atoms with Gasteiger partial charge in [0.1, 0.15) is 0 Å². The molecule has 0 fully saturated rings. The first kappa shape index (κ1) is 30.0. The standard InChI is InChI=1S/C7HF15O4S.Na/c8-1(9,2(10,11)7(21,22)27(23,24)25)5(17,18)26-6(19,20)3(12,13)4(14,15)16;/h(H,23,24,25);/q;+1/p-1. The molecular weight excluding hydrogens is 488 g/mol. The van der Waals surface area contributed by atoms with Crippen LogP contribution >= 0.6 is 0 Å². The van der Waals surface area contributed by atoms with E-state index in [9.17, 15) is 78.8 Å². The van der Waals surface area contributed by atoms with E-state index in [1.165, 1.54) is 0 Å². The van der Waals surface area contributed by atoms with Crippen molar-refractivity contribution in [1.82, 2.24) is 0 Å². The first-order valence-corrected chi connectivity index (χ1v) is 6.61. The van der Waals surface area contributed by atoms with E-state index < -0.39 is 51.5 Å². The predicted octanol–water partition coefficient (Wildman–Crippen LogP) is 0.799. The van der Waals surface area contributed by atoms with Crippen LogP contribution in [0.5, 0.6) is 0 Å². The summed E-state index contributed by atoms with van der Waals surface area (Å²) in [6, 6.07) is 0. The molecule has 0 atom stereocenters. The SMILES string of the molecule is O=S(=O)([O-])C(F)(F)C(F)(F)C(F)(F)C(F)(F)OC(F)(F)C(F)(F)C(F)(F)F.[Na+]. The molecule has 4 nitrogen and oxygen atoms in total. The third-order valence-corrected chi connectivity index (χ3v) is 3.30. The van der Waals surface area contributed by atoms with Gasteiger partial charge in [-0.25, -0.2) is 13.2 Å². The van der Waals surface area contributed by atoms with Crippen molar-refractivity contribution < 1.29 is 113 Å². The fourth-order valence-corrected chi connectivity index (χ4v) is 1.42. The first-order valence-electron chi connectivity index (χ1n) is 5.20. The number of ether oxygens (including phenoxy) is 1. The minimum absolute atomic E-state index is 0. The number of hydrogen-bond donors (Lipinski definition) is 0. The van der Waals surface area contributed by atoms with Crippen molar-refractivity contribution in [2.45, 2.75) is 41.4 Å². The van der Waals surface area contributed by atoms with Gasteiger partial charge >= 0.3 is 71.0 Å². The summed E-state index contributed by atoms with van der Waals surface area (Å²) in [4.78, 5) is 0. The first-order chi connectivity index (χ1) is 11.2. The Balaban J connectivity index is 0. The van der Waals surface area contributed by atoms with Crippen LogP contribution in [0.15, 0.2) is 0 Å². The Labute approximate surface area is 165 Å². The van der Waals surface area contributed by atoms with Crippen molar-refractivity contribution in [3.8, 4) is 0 Å². The normalized spacial score (nSPS) is 16.0. The van der Waals surface area contributed by atoms with Crippen LogP contribution in [0.1, 0.15) is 0 Å². The van der Waals surface area contributed by atoms with Gasteiger partial charge in [-0.3, -0.25) is 0 Å². The molecule has 0 rings (SSSR count). The predicted molar refractivity (Wildman–Crippen MR) is 46.5 cm³/mol. The zero-order chi connectivity index (χ0) is 22.7. The zero-order valence-electron chi connectivity index (χ0n) is 12.2. The van der Waals surface area contributed by atoms with E-state index >= 15 is 0 Å². The third-order valence-electron chi connectivity index (χ3n) is 2.42. The van der Waals surface area contributed by atoms with Crippen molar-refractivity contribution in [2.75, 3.05) is 0 Å². The largest absolute Gasteiger partial charge is 1.00 e. The fraction of sp³-hybridized carbons (Fsp3) is 1.00. The molecule has 0 heterocycles. The van der Waals surface area contributed by atoms with Gasteiger partial charge in [0.2, 0.25) is 0 Å². The minimum Gasteiger partial charge on any atom is -0.743 e. The van der Waals surface area contributed by atoms with Gasteiger partial charge in [-0.15, -0.1) is 0 Å². The molecule has 21 heteroatoms. The van der Waals surface area contributed by atoms with Gasteiger partial charge in [0.15, 0.2) is 10.1 Å². The van der Waals surface area contributed by atoms with E-state index in [0.29, 0.717) is 0 Å². The molecule has 0 saturated heterocycles. The Morgan fingerprint density at radius 1 is 0.571 bits per heavy atom. The maximum atomic E-state index is 12.9. The van der Waals surface area contributed by atoms with E-state index in [1.54, 1.807) is 0 Å². The molecule has 0 amide bonds. The Morgan fingerprint density at radius 2 is 0.857 bits per heavy atom. The fourth-order valence-electron chi connectivity index (χ4n) is 0.977. The van der Waals surface area contributed by atoms with Crippen LogP contribution in [0.2, 0.25) is 0 Å². The van der Waals surface area contributed by atoms with Gasteiger partial charge in [0.05, 0.1) is 0 Å². The summed E-state index contributed by atoms with van der Waals surface area (Å²) < 4.78 is 217. The molecule has 0 radical (unpaired) electrons. The molecule has 0 bridgehead atoms. The monoisotopic (exact) mass is 488 g/mol. The van der Waals surface area contributed by atoms with E-state index in [-0.39, 0.29) is 29.6 Å². The van der Waals surface area contributed by atoms with E-state index in [1.807, 2.05) is 0 Å². The maximum Gasteiger partial charge on any atom is 1.00 e. The van der Waals surface area contributed by atoms with Gasteiger partial charge in [-0.2, -0.15) is 65.9 Å². The Morgan fingerprint density at radius 3 is 1.11 bits per heavy atom. The summed E-state index contributed by atoms with van der Waals surface area (Å²) in [5, 5.41) is -7.67. The van der Waals surface area contributed by atoms with Crippen molar-refractivity contribution in [2.24, 2.45) is 0 Å². The molecule has 0 aromatic heterocycles. The smallest absolute Gasteiger partial charge is 0.743 e. The molecule has 0 aliphatic heterocycles. The van der Waals surface area contributed by atoms with E-state index in [2.05, 4.69) is 0 Å². The third kappa shape index (κ3) is 4.44.